The summed E-state index contributed by atoms with van der Waals surface area (Å²) < 4.78 is 0. The van der Waals surface area contributed by atoms with Crippen LogP contribution in [0.15, 0.2) is 23.4 Å². The molecule has 0 aromatic carbocycles. The molecule has 0 amide bonds. The Bertz CT molecular complexity index is 197. The van der Waals surface area contributed by atoms with Crippen molar-refractivity contribution in [2.45, 2.75) is 44.1 Å². The molecule has 0 bridgehead atoms. The molecule has 0 unspecified atom stereocenters. The second-order valence-corrected chi connectivity index (χ2v) is 6.64. The van der Waals surface area contributed by atoms with Gasteiger partial charge in [0.05, 0.1) is 9.52 Å². The Morgan fingerprint density at radius 1 is 1.17 bits per heavy atom. The van der Waals surface area contributed by atoms with Crippen LogP contribution in [0.5, 0.6) is 0 Å². The summed E-state index contributed by atoms with van der Waals surface area (Å²) in [6.45, 7) is 0. The molecule has 0 aromatic heterocycles. The minimum absolute atomic E-state index is 0.141. The molecule has 1 saturated carbocycles. The second kappa shape index (κ2) is 4.08. The van der Waals surface area contributed by atoms with E-state index >= 15 is 0 Å². The molecule has 0 aliphatic heterocycles. The molecule has 12 heavy (non-hydrogen) atoms. The monoisotopic (exact) mass is 178 g/mol. The van der Waals surface area contributed by atoms with E-state index in [0.29, 0.717) is 0 Å². The molecule has 0 saturated heterocycles. The van der Waals surface area contributed by atoms with E-state index in [9.17, 15) is 0 Å². The third-order valence-electron chi connectivity index (χ3n) is 3.12. The molecule has 0 heterocycles. The van der Waals surface area contributed by atoms with Gasteiger partial charge in [0.1, 0.15) is 0 Å². The van der Waals surface area contributed by atoms with Gasteiger partial charge in [0.15, 0.2) is 0 Å². The van der Waals surface area contributed by atoms with Gasteiger partial charge in [0, 0.05) is 0 Å². The van der Waals surface area contributed by atoms with E-state index < -0.39 is 0 Å². The maximum absolute atomic E-state index is 2.38. The lowest BCUT2D eigenvalue weighted by Crippen LogP contribution is -2.09. The van der Waals surface area contributed by atoms with Gasteiger partial charge in [-0.15, -0.1) is 0 Å². The topological polar surface area (TPSA) is 0 Å². The lowest BCUT2D eigenvalue weighted by molar-refractivity contribution is 0.501. The Morgan fingerprint density at radius 2 is 2.00 bits per heavy atom. The third-order valence-corrected chi connectivity index (χ3v) is 5.57. The minimum atomic E-state index is 0.141. The molecule has 2 aliphatic rings. The largest absolute Gasteiger partial charge is 0.0840 e. The van der Waals surface area contributed by atoms with Gasteiger partial charge in [-0.25, -0.2) is 0 Å². The first-order chi connectivity index (χ1) is 5.95. The molecule has 0 nitrogen and oxygen atoms in total. The lowest BCUT2D eigenvalue weighted by Gasteiger charge is -2.21. The molecule has 2 rings (SSSR count). The predicted molar refractivity (Wildman–Crippen MR) is 57.2 cm³/mol. The van der Waals surface area contributed by atoms with Crippen LogP contribution < -0.4 is 0 Å². The second-order valence-electron chi connectivity index (χ2n) is 4.17. The van der Waals surface area contributed by atoms with Crippen LogP contribution in [-0.2, 0) is 0 Å². The molecule has 0 N–H and O–H groups in total. The maximum atomic E-state index is 2.38. The van der Waals surface area contributed by atoms with Crippen molar-refractivity contribution in [1.29, 1.82) is 0 Å². The van der Waals surface area contributed by atoms with Crippen molar-refractivity contribution >= 4 is 9.52 Å². The normalized spacial score (nSPS) is 25.5. The molecule has 1 fully saturated rings. The van der Waals surface area contributed by atoms with Gasteiger partial charge in [-0.3, -0.25) is 0 Å². The molecule has 0 spiro atoms. The summed E-state index contributed by atoms with van der Waals surface area (Å²) in [5.41, 5.74) is 1.16. The highest BCUT2D eigenvalue weighted by atomic mass is 28.2. The van der Waals surface area contributed by atoms with Crippen molar-refractivity contribution in [3.8, 4) is 0 Å². The van der Waals surface area contributed by atoms with Gasteiger partial charge in [0.2, 0.25) is 0 Å². The van der Waals surface area contributed by atoms with Crippen LogP contribution in [-0.4, -0.2) is 9.52 Å². The van der Waals surface area contributed by atoms with Gasteiger partial charge < -0.3 is 0 Å². The average molecular weight is 178 g/mol. The number of rotatable bonds is 2. The maximum Gasteiger partial charge on any atom is 0.0530 e. The highest BCUT2D eigenvalue weighted by Crippen LogP contribution is 2.30. The van der Waals surface area contributed by atoms with Crippen LogP contribution in [0.1, 0.15) is 38.5 Å². The first kappa shape index (κ1) is 8.30. The summed E-state index contributed by atoms with van der Waals surface area (Å²) in [6, 6.07) is 0. The summed E-state index contributed by atoms with van der Waals surface area (Å²) in [5, 5.41) is 1.81. The Labute approximate surface area is 77.6 Å². The fourth-order valence-corrected chi connectivity index (χ4v) is 4.74. The van der Waals surface area contributed by atoms with Gasteiger partial charge >= 0.3 is 0 Å². The zero-order valence-corrected chi connectivity index (χ0v) is 9.17. The summed E-state index contributed by atoms with van der Waals surface area (Å²) in [6.07, 6.45) is 15.8. The molecule has 66 valence electrons. The Balaban J connectivity index is 1.78. The van der Waals surface area contributed by atoms with Crippen molar-refractivity contribution in [1.82, 2.24) is 0 Å². The van der Waals surface area contributed by atoms with E-state index in [1.807, 2.05) is 5.20 Å². The Morgan fingerprint density at radius 3 is 2.67 bits per heavy atom. The SMILES string of the molecule is C1=CCC([SiH2]C2CCCCC2)=C1. The summed E-state index contributed by atoms with van der Waals surface area (Å²) >= 11 is 0. The Kier molecular flexibility index (Phi) is 2.82. The average Bonchev–Trinajstić information content (AvgIpc) is 2.59. The minimum Gasteiger partial charge on any atom is -0.0840 e. The van der Waals surface area contributed by atoms with Crippen LogP contribution in [0, 0.1) is 0 Å². The van der Waals surface area contributed by atoms with E-state index in [2.05, 4.69) is 18.2 Å². The van der Waals surface area contributed by atoms with Crippen molar-refractivity contribution in [2.24, 2.45) is 0 Å². The molecule has 0 atom stereocenters. The quantitative estimate of drug-likeness (QED) is 0.570. The standard InChI is InChI=1S/C11H18Si/c1-2-6-10(7-3-1)12-11-8-4-5-9-11/h4-5,8,10H,1-3,6-7,9,12H2. The highest BCUT2D eigenvalue weighted by molar-refractivity contribution is 6.47. The highest BCUT2D eigenvalue weighted by Gasteiger charge is 2.15. The number of hydrogen-bond donors (Lipinski definition) is 0. The number of hydrogen-bond acceptors (Lipinski definition) is 0. The first-order valence-corrected chi connectivity index (χ1v) is 6.82. The lowest BCUT2D eigenvalue weighted by atomic mass is 10.0. The van der Waals surface area contributed by atoms with Crippen molar-refractivity contribution in [2.75, 3.05) is 0 Å². The molecule has 0 radical (unpaired) electrons. The smallest absolute Gasteiger partial charge is 0.0530 e. The van der Waals surface area contributed by atoms with Crippen LogP contribution in [0.4, 0.5) is 0 Å². The molecule has 1 heteroatoms. The molecular formula is C11H18Si. The van der Waals surface area contributed by atoms with Crippen molar-refractivity contribution in [3.05, 3.63) is 23.4 Å². The summed E-state index contributed by atoms with van der Waals surface area (Å²) in [5.74, 6) is 0. The Hall–Kier alpha value is -0.303. The summed E-state index contributed by atoms with van der Waals surface area (Å²) in [7, 11) is 0.141. The van der Waals surface area contributed by atoms with Crippen LogP contribution in [0.3, 0.4) is 0 Å². The third kappa shape index (κ3) is 2.10. The van der Waals surface area contributed by atoms with Crippen LogP contribution in [0.25, 0.3) is 0 Å². The van der Waals surface area contributed by atoms with E-state index in [-0.39, 0.29) is 9.52 Å². The first-order valence-electron chi connectivity index (χ1n) is 5.30. The van der Waals surface area contributed by atoms with Gasteiger partial charge in [-0.2, -0.15) is 0 Å². The van der Waals surface area contributed by atoms with E-state index in [0.717, 1.165) is 5.54 Å². The molecular weight excluding hydrogens is 160 g/mol. The predicted octanol–water partition coefficient (Wildman–Crippen LogP) is 2.75. The van der Waals surface area contributed by atoms with E-state index in [1.165, 1.54) is 25.7 Å². The zero-order valence-electron chi connectivity index (χ0n) is 7.76. The van der Waals surface area contributed by atoms with Crippen molar-refractivity contribution < 1.29 is 0 Å². The number of allylic oxidation sites excluding steroid dienone is 4. The molecule has 0 aromatic rings. The van der Waals surface area contributed by atoms with Gasteiger partial charge in [-0.1, -0.05) is 55.5 Å². The van der Waals surface area contributed by atoms with Crippen LogP contribution in [0.2, 0.25) is 5.54 Å². The van der Waals surface area contributed by atoms with Crippen LogP contribution >= 0.6 is 0 Å². The zero-order chi connectivity index (χ0) is 8.23. The fraction of sp³-hybridized carbons (Fsp3) is 0.636. The van der Waals surface area contributed by atoms with E-state index in [1.54, 1.807) is 12.8 Å². The van der Waals surface area contributed by atoms with Gasteiger partial charge in [0.25, 0.3) is 0 Å². The molecule has 2 aliphatic carbocycles. The fourth-order valence-electron chi connectivity index (χ4n) is 2.41. The van der Waals surface area contributed by atoms with E-state index in [4.69, 9.17) is 0 Å². The van der Waals surface area contributed by atoms with Gasteiger partial charge in [-0.05, 0) is 12.0 Å². The van der Waals surface area contributed by atoms with Crippen molar-refractivity contribution in [3.63, 3.8) is 0 Å². The summed E-state index contributed by atoms with van der Waals surface area (Å²) in [4.78, 5) is 0.